The molecule has 5 nitrogen and oxygen atoms in total. The van der Waals surface area contributed by atoms with E-state index >= 15 is 0 Å². The van der Waals surface area contributed by atoms with Crippen LogP contribution in [0, 0.1) is 11.7 Å². The van der Waals surface area contributed by atoms with Crippen LogP contribution in [0.2, 0.25) is 0 Å². The summed E-state index contributed by atoms with van der Waals surface area (Å²) >= 11 is 0. The van der Waals surface area contributed by atoms with Gasteiger partial charge in [-0.3, -0.25) is 9.59 Å². The van der Waals surface area contributed by atoms with Gasteiger partial charge in [-0.25, -0.2) is 4.39 Å². The van der Waals surface area contributed by atoms with Crippen molar-refractivity contribution in [3.05, 3.63) is 65.6 Å². The number of hydrogen-bond acceptors (Lipinski definition) is 2. The molecule has 2 aromatic carbocycles. The minimum absolute atomic E-state index is 0.00753. The fraction of sp³-hybridized carbons (Fsp3) is 0.333. The Hall–Kier alpha value is -3.15. The third-order valence-corrected chi connectivity index (χ3v) is 4.92. The van der Waals surface area contributed by atoms with Gasteiger partial charge in [0.1, 0.15) is 11.5 Å². The van der Waals surface area contributed by atoms with Gasteiger partial charge in [0.15, 0.2) is 0 Å². The van der Waals surface area contributed by atoms with Gasteiger partial charge in [0.2, 0.25) is 0 Å². The number of benzene rings is 2. The lowest BCUT2D eigenvalue weighted by atomic mass is 10.2. The maximum absolute atomic E-state index is 13.9. The molecule has 1 aromatic heterocycles. The van der Waals surface area contributed by atoms with Crippen LogP contribution in [0.3, 0.4) is 0 Å². The smallest absolute Gasteiger partial charge is 0.267 e. The first-order valence-corrected chi connectivity index (χ1v) is 10.4. The Morgan fingerprint density at radius 1 is 1.07 bits per heavy atom. The number of amides is 2. The molecule has 0 atom stereocenters. The van der Waals surface area contributed by atoms with E-state index in [0.29, 0.717) is 23.8 Å². The Kier molecular flexibility index (Phi) is 6.87. The van der Waals surface area contributed by atoms with Crippen molar-refractivity contribution in [1.82, 2.24) is 9.88 Å². The van der Waals surface area contributed by atoms with Crippen LogP contribution in [0.5, 0.6) is 0 Å². The monoisotopic (exact) mass is 409 g/mol. The van der Waals surface area contributed by atoms with Crippen LogP contribution < -0.4 is 10.6 Å². The van der Waals surface area contributed by atoms with E-state index in [-0.39, 0.29) is 11.5 Å². The molecule has 0 aliphatic rings. The highest BCUT2D eigenvalue weighted by molar-refractivity contribution is 6.06. The van der Waals surface area contributed by atoms with E-state index in [1.165, 1.54) is 12.1 Å². The molecule has 3 rings (SSSR count). The first-order valence-electron chi connectivity index (χ1n) is 10.4. The third kappa shape index (κ3) is 4.87. The number of aryl methyl sites for hydroxylation is 1. The summed E-state index contributed by atoms with van der Waals surface area (Å²) in [5.41, 5.74) is 2.09. The molecule has 0 fully saturated rings. The Labute approximate surface area is 176 Å². The maximum atomic E-state index is 13.9. The van der Waals surface area contributed by atoms with Crippen LogP contribution in [-0.4, -0.2) is 22.9 Å². The van der Waals surface area contributed by atoms with Crippen molar-refractivity contribution >= 4 is 28.4 Å². The topological polar surface area (TPSA) is 63.1 Å². The number of unbranched alkanes of at least 4 members (excludes halogenated alkanes) is 1. The lowest BCUT2D eigenvalue weighted by molar-refractivity contribution is 0.0939. The standard InChI is InChI=1S/C24H28FN3O2/c1-4-5-12-28-21-11-10-18(27-23(29)19-8-6-7-9-20(19)25)13-17(21)14-22(28)24(30)26-15-16(2)3/h6-11,13-14,16H,4-5,12,15H2,1-3H3,(H,26,30)(H,27,29). The van der Waals surface area contributed by atoms with Crippen molar-refractivity contribution in [1.29, 1.82) is 0 Å². The van der Waals surface area contributed by atoms with Crippen LogP contribution >= 0.6 is 0 Å². The number of carbonyl (C=O) groups excluding carboxylic acids is 2. The third-order valence-electron chi connectivity index (χ3n) is 4.92. The molecule has 2 amide bonds. The summed E-state index contributed by atoms with van der Waals surface area (Å²) in [7, 11) is 0. The Morgan fingerprint density at radius 2 is 1.83 bits per heavy atom. The van der Waals surface area contributed by atoms with Crippen LogP contribution in [0.25, 0.3) is 10.9 Å². The van der Waals surface area contributed by atoms with Gasteiger partial charge in [-0.05, 0) is 48.7 Å². The zero-order chi connectivity index (χ0) is 21.7. The maximum Gasteiger partial charge on any atom is 0.267 e. The zero-order valence-electron chi connectivity index (χ0n) is 17.7. The molecule has 0 saturated heterocycles. The van der Waals surface area contributed by atoms with Crippen molar-refractivity contribution in [2.45, 2.75) is 40.2 Å². The molecular weight excluding hydrogens is 381 g/mol. The number of nitrogens with zero attached hydrogens (tertiary/aromatic N) is 1. The number of nitrogens with one attached hydrogen (secondary N) is 2. The number of anilines is 1. The highest BCUT2D eigenvalue weighted by Gasteiger charge is 2.17. The van der Waals surface area contributed by atoms with Gasteiger partial charge in [0, 0.05) is 29.7 Å². The molecule has 0 spiro atoms. The van der Waals surface area contributed by atoms with E-state index in [1.54, 1.807) is 18.2 Å². The molecule has 0 bridgehead atoms. The second kappa shape index (κ2) is 9.57. The summed E-state index contributed by atoms with van der Waals surface area (Å²) in [5, 5.41) is 6.58. The minimum Gasteiger partial charge on any atom is -0.351 e. The molecule has 0 aliphatic heterocycles. The molecule has 2 N–H and O–H groups in total. The summed E-state index contributed by atoms with van der Waals surface area (Å²) in [6, 6.07) is 13.2. The fourth-order valence-corrected chi connectivity index (χ4v) is 3.33. The summed E-state index contributed by atoms with van der Waals surface area (Å²) in [5.74, 6) is -0.811. The number of rotatable bonds is 8. The Bertz CT molecular complexity index is 1060. The number of aromatic nitrogens is 1. The minimum atomic E-state index is -0.564. The summed E-state index contributed by atoms with van der Waals surface area (Å²) in [6.07, 6.45) is 1.98. The van der Waals surface area contributed by atoms with Crippen molar-refractivity contribution in [3.63, 3.8) is 0 Å². The average Bonchev–Trinajstić information content (AvgIpc) is 3.08. The highest BCUT2D eigenvalue weighted by Crippen LogP contribution is 2.25. The van der Waals surface area contributed by atoms with Crippen LogP contribution in [0.15, 0.2) is 48.5 Å². The molecule has 0 radical (unpaired) electrons. The van der Waals surface area contributed by atoms with E-state index in [4.69, 9.17) is 0 Å². The van der Waals surface area contributed by atoms with E-state index in [0.717, 1.165) is 30.3 Å². The van der Waals surface area contributed by atoms with Gasteiger partial charge in [0.25, 0.3) is 11.8 Å². The normalized spacial score (nSPS) is 11.1. The van der Waals surface area contributed by atoms with Crippen LogP contribution in [-0.2, 0) is 6.54 Å². The van der Waals surface area contributed by atoms with Gasteiger partial charge in [0.05, 0.1) is 5.56 Å². The number of carbonyl (C=O) groups is 2. The van der Waals surface area contributed by atoms with Gasteiger partial charge in [-0.2, -0.15) is 0 Å². The van der Waals surface area contributed by atoms with Gasteiger partial charge in [-0.1, -0.05) is 39.3 Å². The average molecular weight is 410 g/mol. The predicted molar refractivity (Wildman–Crippen MR) is 118 cm³/mol. The lowest BCUT2D eigenvalue weighted by Gasteiger charge is -2.12. The molecule has 1 heterocycles. The fourth-order valence-electron chi connectivity index (χ4n) is 3.33. The zero-order valence-corrected chi connectivity index (χ0v) is 17.7. The first kappa shape index (κ1) is 21.6. The van der Waals surface area contributed by atoms with E-state index in [9.17, 15) is 14.0 Å². The SMILES string of the molecule is CCCCn1c(C(=O)NCC(C)C)cc2cc(NC(=O)c3ccccc3F)ccc21. The van der Waals surface area contributed by atoms with Gasteiger partial charge >= 0.3 is 0 Å². The Balaban J connectivity index is 1.90. The second-order valence-electron chi connectivity index (χ2n) is 7.85. The molecule has 30 heavy (non-hydrogen) atoms. The summed E-state index contributed by atoms with van der Waals surface area (Å²) in [6.45, 7) is 7.57. The van der Waals surface area contributed by atoms with Gasteiger partial charge < -0.3 is 15.2 Å². The number of halogens is 1. The highest BCUT2D eigenvalue weighted by atomic mass is 19.1. The molecule has 0 saturated carbocycles. The number of fused-ring (bicyclic) bond motifs is 1. The van der Waals surface area contributed by atoms with Crippen molar-refractivity contribution in [2.24, 2.45) is 5.92 Å². The van der Waals surface area contributed by atoms with E-state index in [1.807, 2.05) is 22.8 Å². The predicted octanol–water partition coefficient (Wildman–Crippen LogP) is 5.22. The quantitative estimate of drug-likeness (QED) is 0.536. The van der Waals surface area contributed by atoms with E-state index in [2.05, 4.69) is 31.4 Å². The van der Waals surface area contributed by atoms with Crippen LogP contribution in [0.1, 0.15) is 54.5 Å². The van der Waals surface area contributed by atoms with Crippen LogP contribution in [0.4, 0.5) is 10.1 Å². The van der Waals surface area contributed by atoms with Gasteiger partial charge in [-0.15, -0.1) is 0 Å². The summed E-state index contributed by atoms with van der Waals surface area (Å²) in [4.78, 5) is 25.2. The molecule has 0 unspecified atom stereocenters. The second-order valence-corrected chi connectivity index (χ2v) is 7.85. The van der Waals surface area contributed by atoms with Crippen molar-refractivity contribution < 1.29 is 14.0 Å². The molecule has 0 aliphatic carbocycles. The Morgan fingerprint density at radius 3 is 2.53 bits per heavy atom. The molecule has 3 aromatic rings. The van der Waals surface area contributed by atoms with Crippen molar-refractivity contribution in [3.8, 4) is 0 Å². The molecular formula is C24H28FN3O2. The van der Waals surface area contributed by atoms with Crippen molar-refractivity contribution in [2.75, 3.05) is 11.9 Å². The number of hydrogen-bond donors (Lipinski definition) is 2. The summed E-state index contributed by atoms with van der Waals surface area (Å²) < 4.78 is 15.9. The largest absolute Gasteiger partial charge is 0.351 e. The van der Waals surface area contributed by atoms with E-state index < -0.39 is 11.7 Å². The lowest BCUT2D eigenvalue weighted by Crippen LogP contribution is -2.29. The first-order chi connectivity index (χ1) is 14.4. The molecule has 158 valence electrons. The molecule has 6 heteroatoms.